The number of likely N-dealkylation sites (tertiary alicyclic amines) is 1. The number of hydrogen-bond acceptors (Lipinski definition) is 3. The van der Waals surface area contributed by atoms with Crippen molar-refractivity contribution in [3.8, 4) is 0 Å². The van der Waals surface area contributed by atoms with Crippen LogP contribution in [0, 0.1) is 11.8 Å². The zero-order chi connectivity index (χ0) is 15.2. The minimum Gasteiger partial charge on any atom is -0.481 e. The quantitative estimate of drug-likeness (QED) is 0.898. The first-order valence-corrected chi connectivity index (χ1v) is 7.20. The molecule has 21 heavy (non-hydrogen) atoms. The van der Waals surface area contributed by atoms with Gasteiger partial charge in [-0.15, -0.1) is 0 Å². The topological polar surface area (TPSA) is 66.8 Å². The number of aliphatic carboxylic acids is 1. The van der Waals surface area contributed by atoms with Gasteiger partial charge in [-0.3, -0.25) is 9.59 Å². The number of ether oxygens (including phenoxy) is 1. The Morgan fingerprint density at radius 1 is 1.33 bits per heavy atom. The zero-order valence-corrected chi connectivity index (χ0v) is 12.2. The molecule has 0 aliphatic carbocycles. The van der Waals surface area contributed by atoms with E-state index in [2.05, 4.69) is 0 Å². The number of carbonyl (C=O) groups excluding carboxylic acids is 1. The Bertz CT molecular complexity index is 488. The Balaban J connectivity index is 1.75. The maximum absolute atomic E-state index is 12.1. The van der Waals surface area contributed by atoms with Crippen LogP contribution in [-0.2, 0) is 20.9 Å². The third-order valence-corrected chi connectivity index (χ3v) is 3.91. The van der Waals surface area contributed by atoms with Gasteiger partial charge in [0.05, 0.1) is 12.5 Å². The molecule has 5 heteroatoms. The first kappa shape index (κ1) is 15.5. The number of benzene rings is 1. The maximum Gasteiger partial charge on any atom is 0.306 e. The Morgan fingerprint density at radius 3 is 2.67 bits per heavy atom. The normalized spacial score (nSPS) is 22.0. The highest BCUT2D eigenvalue weighted by Gasteiger charge is 2.32. The first-order valence-electron chi connectivity index (χ1n) is 7.20. The molecule has 1 heterocycles. The van der Waals surface area contributed by atoms with Crippen molar-refractivity contribution >= 4 is 11.9 Å². The van der Waals surface area contributed by atoms with Crippen molar-refractivity contribution in [2.75, 3.05) is 19.7 Å². The Labute approximate surface area is 124 Å². The number of carboxylic acids is 1. The van der Waals surface area contributed by atoms with Gasteiger partial charge in [0.15, 0.2) is 0 Å². The van der Waals surface area contributed by atoms with E-state index in [1.165, 1.54) is 0 Å². The number of rotatable bonds is 5. The van der Waals surface area contributed by atoms with Crippen molar-refractivity contribution in [2.24, 2.45) is 11.8 Å². The summed E-state index contributed by atoms with van der Waals surface area (Å²) in [5.41, 5.74) is 1.03. The smallest absolute Gasteiger partial charge is 0.306 e. The predicted octanol–water partition coefficient (Wildman–Crippen LogP) is 1.77. The molecule has 1 aliphatic rings. The molecule has 1 aromatic carbocycles. The molecular weight excluding hydrogens is 270 g/mol. The SMILES string of the molecule is CC1CN(C(=O)COCc2ccccc2)CCC1C(=O)O. The average molecular weight is 291 g/mol. The van der Waals surface area contributed by atoms with Crippen LogP contribution < -0.4 is 0 Å². The van der Waals surface area contributed by atoms with E-state index >= 15 is 0 Å². The fourth-order valence-corrected chi connectivity index (χ4v) is 2.66. The molecule has 0 spiro atoms. The fourth-order valence-electron chi connectivity index (χ4n) is 2.66. The molecule has 2 rings (SSSR count). The van der Waals surface area contributed by atoms with Gasteiger partial charge in [0.25, 0.3) is 0 Å². The summed E-state index contributed by atoms with van der Waals surface area (Å²) in [7, 11) is 0. The van der Waals surface area contributed by atoms with Gasteiger partial charge >= 0.3 is 5.97 Å². The Hall–Kier alpha value is -1.88. The molecule has 2 atom stereocenters. The number of nitrogens with zero attached hydrogens (tertiary/aromatic N) is 1. The average Bonchev–Trinajstić information content (AvgIpc) is 2.47. The zero-order valence-electron chi connectivity index (χ0n) is 12.2. The fraction of sp³-hybridized carbons (Fsp3) is 0.500. The van der Waals surface area contributed by atoms with E-state index in [9.17, 15) is 9.59 Å². The van der Waals surface area contributed by atoms with E-state index in [4.69, 9.17) is 9.84 Å². The van der Waals surface area contributed by atoms with Crippen molar-refractivity contribution in [3.63, 3.8) is 0 Å². The molecule has 114 valence electrons. The minimum atomic E-state index is -0.769. The first-order chi connectivity index (χ1) is 10.1. The minimum absolute atomic E-state index is 0.0191. The van der Waals surface area contributed by atoms with Crippen LogP contribution in [0.4, 0.5) is 0 Å². The van der Waals surface area contributed by atoms with Crippen molar-refractivity contribution in [1.82, 2.24) is 4.90 Å². The predicted molar refractivity (Wildman–Crippen MR) is 77.6 cm³/mol. The van der Waals surface area contributed by atoms with Crippen LogP contribution in [0.25, 0.3) is 0 Å². The van der Waals surface area contributed by atoms with Crippen molar-refractivity contribution in [1.29, 1.82) is 0 Å². The van der Waals surface area contributed by atoms with E-state index in [0.717, 1.165) is 5.56 Å². The lowest BCUT2D eigenvalue weighted by Crippen LogP contribution is -2.46. The lowest BCUT2D eigenvalue weighted by molar-refractivity contribution is -0.149. The molecule has 0 aromatic heterocycles. The molecular formula is C16H21NO4. The summed E-state index contributed by atoms with van der Waals surface area (Å²) in [5.74, 6) is -1.20. The number of carbonyl (C=O) groups is 2. The second kappa shape index (κ2) is 7.22. The van der Waals surface area contributed by atoms with E-state index in [1.807, 2.05) is 37.3 Å². The summed E-state index contributed by atoms with van der Waals surface area (Å²) in [6.45, 7) is 3.31. The van der Waals surface area contributed by atoms with Crippen molar-refractivity contribution in [3.05, 3.63) is 35.9 Å². The Kier molecular flexibility index (Phi) is 5.33. The van der Waals surface area contributed by atoms with E-state index in [-0.39, 0.29) is 24.3 Å². The summed E-state index contributed by atoms with van der Waals surface area (Å²) in [6.07, 6.45) is 0.515. The summed E-state index contributed by atoms with van der Waals surface area (Å²) >= 11 is 0. The van der Waals surface area contributed by atoms with E-state index in [1.54, 1.807) is 4.90 Å². The largest absolute Gasteiger partial charge is 0.481 e. The van der Waals surface area contributed by atoms with Crippen molar-refractivity contribution < 1.29 is 19.4 Å². The monoisotopic (exact) mass is 291 g/mol. The highest BCUT2D eigenvalue weighted by molar-refractivity contribution is 5.78. The van der Waals surface area contributed by atoms with Crippen LogP contribution >= 0.6 is 0 Å². The van der Waals surface area contributed by atoms with E-state index in [0.29, 0.717) is 26.1 Å². The van der Waals surface area contributed by atoms with E-state index < -0.39 is 5.97 Å². The van der Waals surface area contributed by atoms with Gasteiger partial charge in [0, 0.05) is 13.1 Å². The van der Waals surface area contributed by atoms with Gasteiger partial charge in [-0.1, -0.05) is 37.3 Å². The number of hydrogen-bond donors (Lipinski definition) is 1. The molecule has 0 saturated carbocycles. The summed E-state index contributed by atoms with van der Waals surface area (Å²) in [4.78, 5) is 24.8. The molecule has 0 bridgehead atoms. The second-order valence-electron chi connectivity index (χ2n) is 5.53. The van der Waals surface area contributed by atoms with Crippen LogP contribution in [0.1, 0.15) is 18.9 Å². The molecule has 1 amide bonds. The molecule has 1 saturated heterocycles. The standard InChI is InChI=1S/C16H21NO4/c1-12-9-17(8-7-14(12)16(19)20)15(18)11-21-10-13-5-3-2-4-6-13/h2-6,12,14H,7-11H2,1H3,(H,19,20). The second-order valence-corrected chi connectivity index (χ2v) is 5.53. The Morgan fingerprint density at radius 2 is 2.05 bits per heavy atom. The molecule has 5 nitrogen and oxygen atoms in total. The highest BCUT2D eigenvalue weighted by Crippen LogP contribution is 2.23. The third-order valence-electron chi connectivity index (χ3n) is 3.91. The van der Waals surface area contributed by atoms with Crippen LogP contribution in [0.5, 0.6) is 0 Å². The van der Waals surface area contributed by atoms with Crippen LogP contribution in [0.15, 0.2) is 30.3 Å². The number of amides is 1. The number of piperidine rings is 1. The van der Waals surface area contributed by atoms with Gasteiger partial charge in [-0.25, -0.2) is 0 Å². The van der Waals surface area contributed by atoms with Gasteiger partial charge < -0.3 is 14.7 Å². The molecule has 0 radical (unpaired) electrons. The molecule has 1 fully saturated rings. The van der Waals surface area contributed by atoms with Crippen LogP contribution in [0.2, 0.25) is 0 Å². The summed E-state index contributed by atoms with van der Waals surface area (Å²) in [5, 5.41) is 9.07. The lowest BCUT2D eigenvalue weighted by atomic mass is 9.87. The van der Waals surface area contributed by atoms with Gasteiger partial charge in [-0.2, -0.15) is 0 Å². The van der Waals surface area contributed by atoms with Crippen LogP contribution in [0.3, 0.4) is 0 Å². The van der Waals surface area contributed by atoms with Gasteiger partial charge in [0.1, 0.15) is 6.61 Å². The van der Waals surface area contributed by atoms with Crippen molar-refractivity contribution in [2.45, 2.75) is 20.0 Å². The van der Waals surface area contributed by atoms with Gasteiger partial charge in [-0.05, 0) is 17.9 Å². The highest BCUT2D eigenvalue weighted by atomic mass is 16.5. The number of carboxylic acid groups (broad SMARTS) is 1. The molecule has 1 aromatic rings. The molecule has 1 N–H and O–H groups in total. The maximum atomic E-state index is 12.1. The van der Waals surface area contributed by atoms with Gasteiger partial charge in [0.2, 0.25) is 5.91 Å². The molecule has 2 unspecified atom stereocenters. The summed E-state index contributed by atoms with van der Waals surface area (Å²) in [6, 6.07) is 9.69. The van der Waals surface area contributed by atoms with Crippen LogP contribution in [-0.4, -0.2) is 41.6 Å². The lowest BCUT2D eigenvalue weighted by Gasteiger charge is -2.34. The summed E-state index contributed by atoms with van der Waals surface area (Å²) < 4.78 is 5.44. The molecule has 1 aliphatic heterocycles. The third kappa shape index (κ3) is 4.29.